The number of carboxylic acids is 1. The molecule has 0 saturated carbocycles. The normalized spacial score (nSPS) is 10.7. The molecule has 1 aromatic carbocycles. The molecule has 0 aliphatic heterocycles. The fraction of sp³-hybridized carbons (Fsp3) is 0. The lowest BCUT2D eigenvalue weighted by Gasteiger charge is -1.95. The van der Waals surface area contributed by atoms with Gasteiger partial charge < -0.3 is 5.11 Å². The minimum absolute atomic E-state index is 0.320. The van der Waals surface area contributed by atoms with Gasteiger partial charge in [-0.1, -0.05) is 23.7 Å². The van der Waals surface area contributed by atoms with Crippen LogP contribution in [0.4, 0.5) is 0 Å². The predicted octanol–water partition coefficient (Wildman–Crippen LogP) is 4.89. The van der Waals surface area contributed by atoms with E-state index in [0.29, 0.717) is 9.90 Å². The summed E-state index contributed by atoms with van der Waals surface area (Å²) >= 11 is 8.62. The van der Waals surface area contributed by atoms with Gasteiger partial charge in [0.15, 0.2) is 0 Å². The van der Waals surface area contributed by atoms with Crippen LogP contribution >= 0.6 is 34.3 Å². The number of hydrogen-bond acceptors (Lipinski definition) is 4. The highest BCUT2D eigenvalue weighted by atomic mass is 35.5. The first kappa shape index (κ1) is 13.3. The van der Waals surface area contributed by atoms with Crippen molar-refractivity contribution in [2.45, 2.75) is 0 Å². The fourth-order valence-electron chi connectivity index (χ4n) is 1.70. The molecule has 0 bridgehead atoms. The Kier molecular flexibility index (Phi) is 3.56. The molecular weight excluding hydrogens is 314 g/mol. The summed E-state index contributed by atoms with van der Waals surface area (Å²) in [6.45, 7) is 0. The van der Waals surface area contributed by atoms with Crippen molar-refractivity contribution in [3.05, 3.63) is 51.7 Å². The van der Waals surface area contributed by atoms with Gasteiger partial charge >= 0.3 is 5.97 Å². The molecule has 3 aromatic rings. The Balaban J connectivity index is 1.93. The summed E-state index contributed by atoms with van der Waals surface area (Å²) in [6.07, 6.45) is 0. The third-order valence-electron chi connectivity index (χ3n) is 2.66. The molecule has 3 rings (SSSR count). The molecule has 2 aromatic heterocycles. The zero-order valence-electron chi connectivity index (χ0n) is 10.0. The summed E-state index contributed by atoms with van der Waals surface area (Å²) in [5.41, 5.74) is 1.80. The fourth-order valence-corrected chi connectivity index (χ4v) is 3.53. The Morgan fingerprint density at radius 1 is 1.15 bits per heavy atom. The molecule has 0 radical (unpaired) electrons. The summed E-state index contributed by atoms with van der Waals surface area (Å²) in [4.78, 5) is 16.6. The van der Waals surface area contributed by atoms with E-state index in [9.17, 15) is 4.79 Å². The number of nitrogens with zero attached hydrogens (tertiary/aromatic N) is 1. The number of benzene rings is 1. The first-order chi connectivity index (χ1) is 9.63. The minimum Gasteiger partial charge on any atom is -0.477 e. The molecule has 0 aliphatic carbocycles. The number of carbonyl (C=O) groups is 1. The van der Waals surface area contributed by atoms with Gasteiger partial charge in [0.05, 0.1) is 10.6 Å². The predicted molar refractivity (Wildman–Crippen MR) is 82.8 cm³/mol. The van der Waals surface area contributed by atoms with Gasteiger partial charge in [-0.05, 0) is 24.3 Å². The van der Waals surface area contributed by atoms with Crippen LogP contribution in [0.15, 0.2) is 41.8 Å². The molecule has 0 atom stereocenters. The molecule has 1 N–H and O–H groups in total. The van der Waals surface area contributed by atoms with E-state index in [1.807, 2.05) is 29.6 Å². The van der Waals surface area contributed by atoms with Crippen molar-refractivity contribution in [3.8, 4) is 21.1 Å². The van der Waals surface area contributed by atoms with Crippen LogP contribution in [-0.4, -0.2) is 16.1 Å². The maximum absolute atomic E-state index is 10.9. The maximum Gasteiger partial charge on any atom is 0.345 e. The summed E-state index contributed by atoms with van der Waals surface area (Å²) < 4.78 is 0. The first-order valence-electron chi connectivity index (χ1n) is 5.68. The van der Waals surface area contributed by atoms with E-state index in [1.54, 1.807) is 12.1 Å². The van der Waals surface area contributed by atoms with Crippen LogP contribution < -0.4 is 0 Å². The van der Waals surface area contributed by atoms with Gasteiger partial charge in [0.2, 0.25) is 0 Å². The number of carboxylic acid groups (broad SMARTS) is 1. The van der Waals surface area contributed by atoms with Crippen molar-refractivity contribution in [3.63, 3.8) is 0 Å². The van der Waals surface area contributed by atoms with Gasteiger partial charge in [0, 0.05) is 16.0 Å². The smallest absolute Gasteiger partial charge is 0.345 e. The van der Waals surface area contributed by atoms with E-state index >= 15 is 0 Å². The SMILES string of the molecule is O=C(O)c1ccc(-c2csc(-c3ccc(Cl)cc3)n2)s1. The lowest BCUT2D eigenvalue weighted by Crippen LogP contribution is -1.89. The zero-order chi connectivity index (χ0) is 14.1. The molecule has 0 unspecified atom stereocenters. The highest BCUT2D eigenvalue weighted by Crippen LogP contribution is 2.33. The lowest BCUT2D eigenvalue weighted by atomic mass is 10.2. The molecule has 0 aliphatic rings. The molecule has 6 heteroatoms. The second-order valence-electron chi connectivity index (χ2n) is 4.01. The number of aromatic carboxylic acids is 1. The number of thiophene rings is 1. The molecule has 2 heterocycles. The maximum atomic E-state index is 10.9. The topological polar surface area (TPSA) is 50.2 Å². The number of rotatable bonds is 3. The number of halogens is 1. The zero-order valence-corrected chi connectivity index (χ0v) is 12.4. The Bertz CT molecular complexity index is 762. The standard InChI is InChI=1S/C14H8ClNO2S2/c15-9-3-1-8(2-4-9)13-16-10(7-19-13)11-5-6-12(20-11)14(17)18/h1-7H,(H,17,18). The van der Waals surface area contributed by atoms with Gasteiger partial charge in [-0.3, -0.25) is 0 Å². The van der Waals surface area contributed by atoms with Crippen molar-refractivity contribution >= 4 is 40.2 Å². The summed E-state index contributed by atoms with van der Waals surface area (Å²) in [6, 6.07) is 10.9. The highest BCUT2D eigenvalue weighted by molar-refractivity contribution is 7.18. The van der Waals surface area contributed by atoms with E-state index in [2.05, 4.69) is 4.98 Å². The van der Waals surface area contributed by atoms with Crippen molar-refractivity contribution in [2.75, 3.05) is 0 Å². The summed E-state index contributed by atoms with van der Waals surface area (Å²) in [5, 5.41) is 12.4. The average Bonchev–Trinajstić information content (AvgIpc) is 3.08. The second kappa shape index (κ2) is 5.36. The van der Waals surface area contributed by atoms with Gasteiger partial charge in [-0.25, -0.2) is 9.78 Å². The van der Waals surface area contributed by atoms with E-state index in [-0.39, 0.29) is 0 Å². The van der Waals surface area contributed by atoms with Crippen LogP contribution in [0.2, 0.25) is 5.02 Å². The molecule has 0 spiro atoms. The molecule has 100 valence electrons. The molecular formula is C14H8ClNO2S2. The van der Waals surface area contributed by atoms with Crippen LogP contribution in [0.5, 0.6) is 0 Å². The van der Waals surface area contributed by atoms with Gasteiger partial charge in [-0.2, -0.15) is 0 Å². The van der Waals surface area contributed by atoms with Crippen LogP contribution in [0.3, 0.4) is 0 Å². The first-order valence-corrected chi connectivity index (χ1v) is 7.76. The van der Waals surface area contributed by atoms with Crippen molar-refractivity contribution < 1.29 is 9.90 Å². The number of hydrogen-bond donors (Lipinski definition) is 1. The Morgan fingerprint density at radius 3 is 2.55 bits per heavy atom. The van der Waals surface area contributed by atoms with Crippen molar-refractivity contribution in [2.24, 2.45) is 0 Å². The van der Waals surface area contributed by atoms with Crippen molar-refractivity contribution in [1.29, 1.82) is 0 Å². The van der Waals surface area contributed by atoms with Gasteiger partial charge in [0.1, 0.15) is 9.88 Å². The number of aromatic nitrogens is 1. The lowest BCUT2D eigenvalue weighted by molar-refractivity contribution is 0.0702. The summed E-state index contributed by atoms with van der Waals surface area (Å²) in [5.74, 6) is -0.908. The molecule has 0 amide bonds. The summed E-state index contributed by atoms with van der Waals surface area (Å²) in [7, 11) is 0. The van der Waals surface area contributed by atoms with E-state index in [0.717, 1.165) is 21.1 Å². The highest BCUT2D eigenvalue weighted by Gasteiger charge is 2.11. The van der Waals surface area contributed by atoms with Gasteiger partial charge in [-0.15, -0.1) is 22.7 Å². The molecule has 20 heavy (non-hydrogen) atoms. The third kappa shape index (κ3) is 2.60. The van der Waals surface area contributed by atoms with E-state index in [4.69, 9.17) is 16.7 Å². The third-order valence-corrected chi connectivity index (χ3v) is 4.90. The quantitative estimate of drug-likeness (QED) is 0.747. The molecule has 3 nitrogen and oxygen atoms in total. The Morgan fingerprint density at radius 2 is 1.90 bits per heavy atom. The van der Waals surface area contributed by atoms with Crippen LogP contribution in [0.1, 0.15) is 9.67 Å². The Hall–Kier alpha value is -1.69. The largest absolute Gasteiger partial charge is 0.477 e. The average molecular weight is 322 g/mol. The van der Waals surface area contributed by atoms with Crippen LogP contribution in [0.25, 0.3) is 21.1 Å². The van der Waals surface area contributed by atoms with E-state index < -0.39 is 5.97 Å². The molecule has 0 fully saturated rings. The monoisotopic (exact) mass is 321 g/mol. The van der Waals surface area contributed by atoms with Crippen LogP contribution in [-0.2, 0) is 0 Å². The number of thiazole rings is 1. The molecule has 0 saturated heterocycles. The minimum atomic E-state index is -0.908. The van der Waals surface area contributed by atoms with E-state index in [1.165, 1.54) is 22.7 Å². The van der Waals surface area contributed by atoms with Crippen LogP contribution in [0, 0.1) is 0 Å². The Labute approximate surface area is 128 Å². The van der Waals surface area contributed by atoms with Crippen molar-refractivity contribution in [1.82, 2.24) is 4.98 Å². The van der Waals surface area contributed by atoms with Gasteiger partial charge in [0.25, 0.3) is 0 Å². The second-order valence-corrected chi connectivity index (χ2v) is 6.39.